The van der Waals surface area contributed by atoms with E-state index >= 15 is 0 Å². The molecule has 0 saturated heterocycles. The Morgan fingerprint density at radius 1 is 1.42 bits per heavy atom. The van der Waals surface area contributed by atoms with Crippen LogP contribution in [0.1, 0.15) is 24.9 Å². The average molecular weight is 451 g/mol. The van der Waals surface area contributed by atoms with E-state index in [0.29, 0.717) is 30.1 Å². The quantitative estimate of drug-likeness (QED) is 0.171. The molecule has 1 heterocycles. The third-order valence-corrected chi connectivity index (χ3v) is 5.08. The molecule has 2 amide bonds. The molecular weight excluding hydrogens is 424 g/mol. The van der Waals surface area contributed by atoms with Crippen LogP contribution in [-0.2, 0) is 14.3 Å². The summed E-state index contributed by atoms with van der Waals surface area (Å²) in [5, 5.41) is 6.90. The number of urea groups is 1. The first-order valence-corrected chi connectivity index (χ1v) is 10.4. The lowest BCUT2D eigenvalue weighted by Crippen LogP contribution is -2.49. The van der Waals surface area contributed by atoms with Crippen molar-refractivity contribution in [2.24, 2.45) is 16.0 Å². The highest BCUT2D eigenvalue weighted by Gasteiger charge is 2.45. The van der Waals surface area contributed by atoms with Crippen molar-refractivity contribution >= 4 is 29.3 Å². The van der Waals surface area contributed by atoms with E-state index in [2.05, 4.69) is 20.3 Å². The van der Waals surface area contributed by atoms with Crippen LogP contribution in [0.3, 0.4) is 0 Å². The summed E-state index contributed by atoms with van der Waals surface area (Å²) in [5.74, 6) is -1.37. The van der Waals surface area contributed by atoms with E-state index in [4.69, 9.17) is 26.6 Å². The number of esters is 1. The maximum absolute atomic E-state index is 13.0. The Balaban J connectivity index is 2.44. The van der Waals surface area contributed by atoms with Gasteiger partial charge in [-0.2, -0.15) is 4.99 Å². The van der Waals surface area contributed by atoms with Crippen molar-refractivity contribution in [1.82, 2.24) is 10.2 Å². The van der Waals surface area contributed by atoms with Crippen molar-refractivity contribution in [3.8, 4) is 0 Å². The predicted molar refractivity (Wildman–Crippen MR) is 117 cm³/mol. The Morgan fingerprint density at radius 2 is 2.19 bits per heavy atom. The lowest BCUT2D eigenvalue weighted by atomic mass is 9.86. The molecule has 0 aromatic heterocycles. The van der Waals surface area contributed by atoms with E-state index in [-0.39, 0.29) is 32.1 Å². The molecule has 2 rings (SSSR count). The summed E-state index contributed by atoms with van der Waals surface area (Å²) in [6, 6.07) is 5.97. The van der Waals surface area contributed by atoms with Gasteiger partial charge in [0.15, 0.2) is 0 Å². The Labute approximate surface area is 186 Å². The number of halogens is 1. The summed E-state index contributed by atoms with van der Waals surface area (Å²) >= 11 is 6.47. The van der Waals surface area contributed by atoms with Crippen LogP contribution in [0, 0.1) is 5.92 Å². The van der Waals surface area contributed by atoms with Crippen LogP contribution in [0.25, 0.3) is 10.4 Å². The van der Waals surface area contributed by atoms with Crippen LogP contribution in [-0.4, -0.2) is 69.1 Å². The van der Waals surface area contributed by atoms with E-state index in [1.807, 2.05) is 13.1 Å². The van der Waals surface area contributed by atoms with Gasteiger partial charge in [0, 0.05) is 23.0 Å². The van der Waals surface area contributed by atoms with Gasteiger partial charge in [-0.1, -0.05) is 34.9 Å². The summed E-state index contributed by atoms with van der Waals surface area (Å²) in [6.07, 6.45) is 0.673. The molecule has 0 bridgehead atoms. The Bertz CT molecular complexity index is 843. The number of nitrogens with zero attached hydrogens (tertiary/aromatic N) is 5. The number of carbonyl (C=O) groups excluding carboxylic acids is 2. The number of nitrogens with one attached hydrogen (secondary N) is 1. The molecule has 1 N–H and O–H groups in total. The molecule has 1 aliphatic rings. The number of hydrogen-bond donors (Lipinski definition) is 1. The summed E-state index contributed by atoms with van der Waals surface area (Å²) in [5.41, 5.74) is 9.28. The SMILES string of the molecule is CCOC(=O)C1C(COCCN=[N+]=[N-])=NC(=O)N(CCCNC)C1c1ccccc1Cl. The van der Waals surface area contributed by atoms with Crippen molar-refractivity contribution in [1.29, 1.82) is 0 Å². The van der Waals surface area contributed by atoms with Gasteiger partial charge in [-0.15, -0.1) is 0 Å². The van der Waals surface area contributed by atoms with Crippen LogP contribution < -0.4 is 5.32 Å². The van der Waals surface area contributed by atoms with Crippen LogP contribution in [0.5, 0.6) is 0 Å². The molecule has 10 nitrogen and oxygen atoms in total. The van der Waals surface area contributed by atoms with Crippen molar-refractivity contribution in [2.75, 3.05) is 46.5 Å². The summed E-state index contributed by atoms with van der Waals surface area (Å²) < 4.78 is 10.8. The Morgan fingerprint density at radius 3 is 2.87 bits per heavy atom. The highest BCUT2D eigenvalue weighted by atomic mass is 35.5. The van der Waals surface area contributed by atoms with Crippen molar-refractivity contribution in [3.63, 3.8) is 0 Å². The first-order valence-electron chi connectivity index (χ1n) is 10.1. The zero-order valence-electron chi connectivity index (χ0n) is 17.7. The molecule has 1 aromatic rings. The number of benzene rings is 1. The fourth-order valence-corrected chi connectivity index (χ4v) is 3.65. The normalized spacial score (nSPS) is 18.4. The van der Waals surface area contributed by atoms with E-state index in [9.17, 15) is 9.59 Å². The molecule has 1 aliphatic heterocycles. The number of rotatable bonds is 12. The van der Waals surface area contributed by atoms with Crippen molar-refractivity contribution < 1.29 is 19.1 Å². The average Bonchev–Trinajstić information content (AvgIpc) is 2.75. The number of aliphatic imine (C=N–C) groups is 1. The molecule has 31 heavy (non-hydrogen) atoms. The van der Waals surface area contributed by atoms with Gasteiger partial charge >= 0.3 is 12.0 Å². The summed E-state index contributed by atoms with van der Waals surface area (Å²) in [4.78, 5) is 34.3. The fraction of sp³-hybridized carbons (Fsp3) is 0.550. The third kappa shape index (κ3) is 6.67. The summed E-state index contributed by atoms with van der Waals surface area (Å²) in [6.45, 7) is 3.18. The molecule has 168 valence electrons. The minimum atomic E-state index is -0.869. The zero-order chi connectivity index (χ0) is 22.6. The van der Waals surface area contributed by atoms with Crippen LogP contribution in [0.4, 0.5) is 4.79 Å². The molecule has 2 atom stereocenters. The molecule has 0 saturated carbocycles. The predicted octanol–water partition coefficient (Wildman–Crippen LogP) is 3.37. The van der Waals surface area contributed by atoms with E-state index < -0.39 is 24.0 Å². The van der Waals surface area contributed by atoms with Gasteiger partial charge in [-0.05, 0) is 44.1 Å². The largest absolute Gasteiger partial charge is 0.465 e. The monoisotopic (exact) mass is 450 g/mol. The number of carbonyl (C=O) groups is 2. The van der Waals surface area contributed by atoms with Crippen LogP contribution in [0.2, 0.25) is 5.02 Å². The molecular formula is C20H27ClN6O4. The molecule has 11 heteroatoms. The number of ether oxygens (including phenoxy) is 2. The first-order chi connectivity index (χ1) is 15.0. The van der Waals surface area contributed by atoms with Gasteiger partial charge < -0.3 is 19.7 Å². The first kappa shape index (κ1) is 24.6. The lowest BCUT2D eigenvalue weighted by Gasteiger charge is -2.39. The zero-order valence-corrected chi connectivity index (χ0v) is 18.4. The minimum Gasteiger partial charge on any atom is -0.465 e. The van der Waals surface area contributed by atoms with Crippen LogP contribution >= 0.6 is 11.6 Å². The van der Waals surface area contributed by atoms with E-state index in [1.54, 1.807) is 30.0 Å². The minimum absolute atomic E-state index is 0.0680. The topological polar surface area (TPSA) is 129 Å². The molecule has 1 aromatic carbocycles. The van der Waals surface area contributed by atoms with Crippen molar-refractivity contribution in [3.05, 3.63) is 45.3 Å². The summed E-state index contributed by atoms with van der Waals surface area (Å²) in [7, 11) is 1.83. The molecule has 0 aliphatic carbocycles. The Hall–Kier alpha value is -2.65. The van der Waals surface area contributed by atoms with Gasteiger partial charge in [0.05, 0.1) is 31.6 Å². The fourth-order valence-electron chi connectivity index (χ4n) is 3.41. The lowest BCUT2D eigenvalue weighted by molar-refractivity contribution is -0.147. The molecule has 0 spiro atoms. The smallest absolute Gasteiger partial charge is 0.344 e. The number of azide groups is 1. The maximum atomic E-state index is 13.0. The highest BCUT2D eigenvalue weighted by molar-refractivity contribution is 6.31. The van der Waals surface area contributed by atoms with Gasteiger partial charge in [0.2, 0.25) is 0 Å². The van der Waals surface area contributed by atoms with E-state index in [0.717, 1.165) is 0 Å². The number of hydrogen-bond acceptors (Lipinski definition) is 6. The van der Waals surface area contributed by atoms with Gasteiger partial charge in [-0.3, -0.25) is 4.79 Å². The second-order valence-corrected chi connectivity index (χ2v) is 7.15. The van der Waals surface area contributed by atoms with E-state index in [1.165, 1.54) is 0 Å². The molecule has 0 fully saturated rings. The molecule has 0 radical (unpaired) electrons. The van der Waals surface area contributed by atoms with Crippen molar-refractivity contribution in [2.45, 2.75) is 19.4 Å². The maximum Gasteiger partial charge on any atom is 0.344 e. The standard InChI is InChI=1S/C20H27ClN6O4/c1-3-31-19(28)17-16(13-30-12-10-24-26-22)25-20(29)27(11-6-9-23-2)18(17)14-7-4-5-8-15(14)21/h4-5,7-8,17-18,23H,3,6,9-13H2,1-2H3. The van der Waals surface area contributed by atoms with Gasteiger partial charge in [-0.25, -0.2) is 4.79 Å². The van der Waals surface area contributed by atoms with Gasteiger partial charge in [0.25, 0.3) is 0 Å². The second-order valence-electron chi connectivity index (χ2n) is 6.74. The highest BCUT2D eigenvalue weighted by Crippen LogP contribution is 2.38. The number of amides is 2. The molecule has 2 unspecified atom stereocenters. The second kappa shape index (κ2) is 12.9. The van der Waals surface area contributed by atoms with Crippen LogP contribution in [0.15, 0.2) is 34.4 Å². The Kier molecular flexibility index (Phi) is 10.3. The van der Waals surface area contributed by atoms with Gasteiger partial charge in [0.1, 0.15) is 5.92 Å². The third-order valence-electron chi connectivity index (χ3n) is 4.73.